The third kappa shape index (κ3) is 2.29. The van der Waals surface area contributed by atoms with Crippen LogP contribution >= 0.6 is 11.3 Å². The molecule has 0 N–H and O–H groups in total. The molecule has 1 aliphatic rings. The number of esters is 1. The van der Waals surface area contributed by atoms with Gasteiger partial charge in [-0.25, -0.2) is 4.39 Å². The van der Waals surface area contributed by atoms with Crippen molar-refractivity contribution in [2.24, 2.45) is 0 Å². The number of halogens is 1. The highest BCUT2D eigenvalue weighted by molar-refractivity contribution is 7.10. The van der Waals surface area contributed by atoms with Crippen LogP contribution in [0, 0.1) is 5.82 Å². The lowest BCUT2D eigenvalue weighted by molar-refractivity contribution is -0.145. The van der Waals surface area contributed by atoms with Crippen LogP contribution in [-0.4, -0.2) is 12.6 Å². The van der Waals surface area contributed by atoms with Crippen molar-refractivity contribution in [3.8, 4) is 16.9 Å². The molecule has 1 aliphatic heterocycles. The molecule has 1 atom stereocenters. The maximum atomic E-state index is 13.4. The Morgan fingerprint density at radius 3 is 3.05 bits per heavy atom. The normalized spacial score (nSPS) is 16.0. The first kappa shape index (κ1) is 13.1. The molecule has 104 valence electrons. The molecule has 3 nitrogen and oxygen atoms in total. The Hall–Kier alpha value is -1.88. The standard InChI is InChI=1S/C15H13FO3S/c1-2-18-14(17)8-13-15-10(5-6-20-15)11-7-9(16)3-4-12(11)19-13/h3-7,13H,2,8H2,1H3. The lowest BCUT2D eigenvalue weighted by Gasteiger charge is -2.25. The number of fused-ring (bicyclic) bond motifs is 3. The molecule has 0 fully saturated rings. The number of thiophene rings is 1. The number of hydrogen-bond acceptors (Lipinski definition) is 4. The third-order valence-electron chi connectivity index (χ3n) is 3.15. The maximum Gasteiger partial charge on any atom is 0.309 e. The molecule has 1 aromatic carbocycles. The van der Waals surface area contributed by atoms with Gasteiger partial charge in [-0.1, -0.05) is 0 Å². The molecule has 0 saturated heterocycles. The molecule has 0 saturated carbocycles. The highest BCUT2D eigenvalue weighted by atomic mass is 32.1. The topological polar surface area (TPSA) is 35.5 Å². The predicted molar refractivity (Wildman–Crippen MR) is 74.3 cm³/mol. The first-order chi connectivity index (χ1) is 9.69. The lowest BCUT2D eigenvalue weighted by atomic mass is 9.99. The number of carbonyl (C=O) groups excluding carboxylic acids is 1. The fraction of sp³-hybridized carbons (Fsp3) is 0.267. The summed E-state index contributed by atoms with van der Waals surface area (Å²) >= 11 is 1.51. The van der Waals surface area contributed by atoms with E-state index >= 15 is 0 Å². The van der Waals surface area contributed by atoms with E-state index in [-0.39, 0.29) is 24.3 Å². The van der Waals surface area contributed by atoms with E-state index in [1.807, 2.05) is 11.4 Å². The van der Waals surface area contributed by atoms with Gasteiger partial charge in [-0.2, -0.15) is 0 Å². The molecule has 0 radical (unpaired) electrons. The number of ether oxygens (including phenoxy) is 2. The van der Waals surface area contributed by atoms with Crippen molar-refractivity contribution < 1.29 is 18.7 Å². The molecule has 20 heavy (non-hydrogen) atoms. The molecule has 0 amide bonds. The molecule has 2 aromatic rings. The minimum atomic E-state index is -0.359. The van der Waals surface area contributed by atoms with E-state index in [1.165, 1.54) is 23.5 Å². The van der Waals surface area contributed by atoms with Gasteiger partial charge in [-0.15, -0.1) is 11.3 Å². The van der Waals surface area contributed by atoms with Crippen molar-refractivity contribution in [2.75, 3.05) is 6.61 Å². The van der Waals surface area contributed by atoms with Crippen LogP contribution in [0.2, 0.25) is 0 Å². The summed E-state index contributed by atoms with van der Waals surface area (Å²) in [5.74, 6) is 0.0161. The molecule has 2 heterocycles. The molecule has 0 spiro atoms. The van der Waals surface area contributed by atoms with Gasteiger partial charge < -0.3 is 9.47 Å². The quantitative estimate of drug-likeness (QED) is 0.804. The number of benzene rings is 1. The van der Waals surface area contributed by atoms with Gasteiger partial charge in [0.05, 0.1) is 17.9 Å². The van der Waals surface area contributed by atoms with Gasteiger partial charge in [0.1, 0.15) is 17.7 Å². The zero-order valence-electron chi connectivity index (χ0n) is 10.9. The Morgan fingerprint density at radius 1 is 1.40 bits per heavy atom. The van der Waals surface area contributed by atoms with Crippen LogP contribution in [0.4, 0.5) is 4.39 Å². The zero-order valence-corrected chi connectivity index (χ0v) is 11.7. The second-order valence-electron chi connectivity index (χ2n) is 4.45. The van der Waals surface area contributed by atoms with E-state index in [9.17, 15) is 9.18 Å². The first-order valence-corrected chi connectivity index (χ1v) is 7.26. The van der Waals surface area contributed by atoms with Crippen molar-refractivity contribution in [1.82, 2.24) is 0 Å². The molecule has 1 aromatic heterocycles. The summed E-state index contributed by atoms with van der Waals surface area (Å²) in [5, 5.41) is 1.92. The van der Waals surface area contributed by atoms with Gasteiger partial charge in [0.2, 0.25) is 0 Å². The van der Waals surface area contributed by atoms with Gasteiger partial charge in [0.25, 0.3) is 0 Å². The summed E-state index contributed by atoms with van der Waals surface area (Å²) in [6.07, 6.45) is -0.194. The van der Waals surface area contributed by atoms with Gasteiger partial charge in [-0.05, 0) is 36.6 Å². The van der Waals surface area contributed by atoms with Crippen LogP contribution in [0.25, 0.3) is 11.1 Å². The lowest BCUT2D eigenvalue weighted by Crippen LogP contribution is -2.17. The molecule has 0 bridgehead atoms. The van der Waals surface area contributed by atoms with E-state index in [2.05, 4.69) is 0 Å². The van der Waals surface area contributed by atoms with Crippen molar-refractivity contribution in [3.63, 3.8) is 0 Å². The smallest absolute Gasteiger partial charge is 0.309 e. The number of rotatable bonds is 3. The SMILES string of the molecule is CCOC(=O)CC1Oc2ccc(F)cc2-c2ccsc21. The van der Waals surface area contributed by atoms with E-state index in [1.54, 1.807) is 13.0 Å². The summed E-state index contributed by atoms with van der Waals surface area (Å²) in [6.45, 7) is 2.12. The van der Waals surface area contributed by atoms with Crippen molar-refractivity contribution >= 4 is 17.3 Å². The fourth-order valence-corrected chi connectivity index (χ4v) is 3.26. The second kappa shape index (κ2) is 5.25. The van der Waals surface area contributed by atoms with Crippen LogP contribution < -0.4 is 4.74 Å². The molecule has 0 aliphatic carbocycles. The molecule has 5 heteroatoms. The Bertz CT molecular complexity index is 650. The fourth-order valence-electron chi connectivity index (χ4n) is 2.32. The summed E-state index contributed by atoms with van der Waals surface area (Å²) < 4.78 is 24.2. The summed E-state index contributed by atoms with van der Waals surface area (Å²) in [7, 11) is 0. The Labute approximate surface area is 120 Å². The number of carbonyl (C=O) groups is 1. The molecular weight excluding hydrogens is 279 g/mol. The third-order valence-corrected chi connectivity index (χ3v) is 4.15. The molecular formula is C15H13FO3S. The van der Waals surface area contributed by atoms with E-state index < -0.39 is 0 Å². The van der Waals surface area contributed by atoms with Crippen molar-refractivity contribution in [2.45, 2.75) is 19.4 Å². The summed E-state index contributed by atoms with van der Waals surface area (Å²) in [6, 6.07) is 6.35. The van der Waals surface area contributed by atoms with Crippen LogP contribution in [0.3, 0.4) is 0 Å². The Balaban J connectivity index is 1.95. The maximum absolute atomic E-state index is 13.4. The minimum Gasteiger partial charge on any atom is -0.484 e. The first-order valence-electron chi connectivity index (χ1n) is 6.38. The Kier molecular flexibility index (Phi) is 3.44. The number of hydrogen-bond donors (Lipinski definition) is 0. The average molecular weight is 292 g/mol. The molecule has 1 unspecified atom stereocenters. The monoisotopic (exact) mass is 292 g/mol. The van der Waals surface area contributed by atoms with Crippen LogP contribution in [0.5, 0.6) is 5.75 Å². The molecule has 3 rings (SSSR count). The van der Waals surface area contributed by atoms with Crippen LogP contribution in [0.1, 0.15) is 24.3 Å². The van der Waals surface area contributed by atoms with Crippen LogP contribution in [-0.2, 0) is 9.53 Å². The minimum absolute atomic E-state index is 0.165. The highest BCUT2D eigenvalue weighted by Crippen LogP contribution is 2.46. The second-order valence-corrected chi connectivity index (χ2v) is 5.40. The summed E-state index contributed by atoms with van der Waals surface area (Å²) in [5.41, 5.74) is 1.67. The van der Waals surface area contributed by atoms with E-state index in [4.69, 9.17) is 9.47 Å². The van der Waals surface area contributed by atoms with Crippen molar-refractivity contribution in [1.29, 1.82) is 0 Å². The van der Waals surface area contributed by atoms with Crippen molar-refractivity contribution in [3.05, 3.63) is 40.3 Å². The highest BCUT2D eigenvalue weighted by Gasteiger charge is 2.29. The summed E-state index contributed by atoms with van der Waals surface area (Å²) in [4.78, 5) is 12.6. The van der Waals surface area contributed by atoms with Gasteiger partial charge in [-0.3, -0.25) is 4.79 Å². The average Bonchev–Trinajstić information content (AvgIpc) is 2.89. The largest absolute Gasteiger partial charge is 0.484 e. The predicted octanol–water partition coefficient (Wildman–Crippen LogP) is 3.94. The Morgan fingerprint density at radius 2 is 2.25 bits per heavy atom. The van der Waals surface area contributed by atoms with Gasteiger partial charge in [0.15, 0.2) is 0 Å². The van der Waals surface area contributed by atoms with Gasteiger partial charge in [0, 0.05) is 11.1 Å². The van der Waals surface area contributed by atoms with E-state index in [0.29, 0.717) is 12.4 Å². The van der Waals surface area contributed by atoms with Gasteiger partial charge >= 0.3 is 5.97 Å². The van der Waals surface area contributed by atoms with Crippen LogP contribution in [0.15, 0.2) is 29.6 Å². The zero-order chi connectivity index (χ0) is 14.1. The van der Waals surface area contributed by atoms with E-state index in [0.717, 1.165) is 16.0 Å².